The fourth-order valence-corrected chi connectivity index (χ4v) is 4.11. The molecule has 0 aromatic rings. The van der Waals surface area contributed by atoms with Gasteiger partial charge in [-0.1, -0.05) is 0 Å². The molecule has 29 heavy (non-hydrogen) atoms. The molecule has 0 aromatic heterocycles. The molecular formula is C20H38IN5O3. The SMILES string of the molecule is CCOC(=O)C1CCCN(C(=NC)NCCCN2CCCC2C(=O)N(C)C)C1.I. The Labute approximate surface area is 192 Å². The Balaban J connectivity index is 0.00000420. The van der Waals surface area contributed by atoms with Crippen LogP contribution in [0.4, 0.5) is 0 Å². The number of nitrogens with one attached hydrogen (secondary N) is 1. The lowest BCUT2D eigenvalue weighted by Crippen LogP contribution is -2.49. The van der Waals surface area contributed by atoms with E-state index in [1.165, 1.54) is 0 Å². The zero-order chi connectivity index (χ0) is 20.5. The first-order valence-corrected chi connectivity index (χ1v) is 10.5. The lowest BCUT2D eigenvalue weighted by atomic mass is 9.98. The smallest absolute Gasteiger partial charge is 0.310 e. The van der Waals surface area contributed by atoms with Gasteiger partial charge in [-0.25, -0.2) is 0 Å². The van der Waals surface area contributed by atoms with Crippen molar-refractivity contribution < 1.29 is 14.3 Å². The van der Waals surface area contributed by atoms with E-state index in [-0.39, 0.29) is 47.8 Å². The van der Waals surface area contributed by atoms with Gasteiger partial charge in [0.2, 0.25) is 5.91 Å². The number of nitrogens with zero attached hydrogens (tertiary/aromatic N) is 4. The van der Waals surface area contributed by atoms with Crippen LogP contribution in [0.2, 0.25) is 0 Å². The zero-order valence-electron chi connectivity index (χ0n) is 18.4. The van der Waals surface area contributed by atoms with Gasteiger partial charge in [-0.05, 0) is 45.6 Å². The number of halogens is 1. The average Bonchev–Trinajstić information content (AvgIpc) is 3.16. The number of hydrogen-bond acceptors (Lipinski definition) is 5. The van der Waals surface area contributed by atoms with E-state index in [0.717, 1.165) is 64.2 Å². The molecule has 0 aliphatic carbocycles. The van der Waals surface area contributed by atoms with Crippen molar-refractivity contribution in [3.63, 3.8) is 0 Å². The fraction of sp³-hybridized carbons (Fsp3) is 0.850. The highest BCUT2D eigenvalue weighted by atomic mass is 127. The van der Waals surface area contributed by atoms with Crippen LogP contribution in [-0.2, 0) is 14.3 Å². The van der Waals surface area contributed by atoms with Crippen LogP contribution in [0.5, 0.6) is 0 Å². The Kier molecular flexibility index (Phi) is 11.9. The van der Waals surface area contributed by atoms with E-state index >= 15 is 0 Å². The first-order valence-electron chi connectivity index (χ1n) is 10.5. The van der Waals surface area contributed by atoms with E-state index in [1.807, 2.05) is 21.0 Å². The number of ether oxygens (including phenoxy) is 1. The number of guanidine groups is 1. The third kappa shape index (κ3) is 7.58. The van der Waals surface area contributed by atoms with Gasteiger partial charge in [0.15, 0.2) is 5.96 Å². The number of esters is 1. The van der Waals surface area contributed by atoms with Crippen molar-refractivity contribution in [1.82, 2.24) is 20.0 Å². The van der Waals surface area contributed by atoms with Crippen LogP contribution < -0.4 is 5.32 Å². The highest BCUT2D eigenvalue weighted by Gasteiger charge is 2.31. The van der Waals surface area contributed by atoms with Crippen molar-refractivity contribution in [3.8, 4) is 0 Å². The Morgan fingerprint density at radius 3 is 2.59 bits per heavy atom. The van der Waals surface area contributed by atoms with Gasteiger partial charge >= 0.3 is 5.97 Å². The number of piperidine rings is 1. The number of likely N-dealkylation sites (tertiary alicyclic amines) is 2. The maximum atomic E-state index is 12.3. The molecule has 2 atom stereocenters. The molecule has 1 amide bonds. The van der Waals surface area contributed by atoms with E-state index in [9.17, 15) is 9.59 Å². The largest absolute Gasteiger partial charge is 0.466 e. The van der Waals surface area contributed by atoms with Crippen LogP contribution in [-0.4, -0.2) is 99.1 Å². The molecule has 2 fully saturated rings. The summed E-state index contributed by atoms with van der Waals surface area (Å²) >= 11 is 0. The first kappa shape index (κ1) is 25.9. The number of hydrogen-bond donors (Lipinski definition) is 1. The molecule has 2 aliphatic rings. The second kappa shape index (κ2) is 13.3. The van der Waals surface area contributed by atoms with Crippen LogP contribution in [0.15, 0.2) is 4.99 Å². The van der Waals surface area contributed by atoms with Gasteiger partial charge in [0.1, 0.15) is 0 Å². The summed E-state index contributed by atoms with van der Waals surface area (Å²) < 4.78 is 5.18. The Bertz CT molecular complexity index is 558. The highest BCUT2D eigenvalue weighted by Crippen LogP contribution is 2.19. The van der Waals surface area contributed by atoms with Crippen LogP contribution >= 0.6 is 24.0 Å². The summed E-state index contributed by atoms with van der Waals surface area (Å²) in [7, 11) is 5.43. The summed E-state index contributed by atoms with van der Waals surface area (Å²) in [5.41, 5.74) is 0. The molecule has 2 heterocycles. The fourth-order valence-electron chi connectivity index (χ4n) is 4.11. The Morgan fingerprint density at radius 2 is 1.93 bits per heavy atom. The minimum atomic E-state index is -0.103. The quantitative estimate of drug-likeness (QED) is 0.179. The van der Waals surface area contributed by atoms with Crippen molar-refractivity contribution >= 4 is 41.8 Å². The molecule has 9 heteroatoms. The minimum absolute atomic E-state index is 0. The maximum absolute atomic E-state index is 12.3. The van der Waals surface area contributed by atoms with Crippen LogP contribution in [0.1, 0.15) is 39.0 Å². The maximum Gasteiger partial charge on any atom is 0.310 e. The summed E-state index contributed by atoms with van der Waals surface area (Å²) in [5.74, 6) is 0.874. The van der Waals surface area contributed by atoms with E-state index in [2.05, 4.69) is 20.1 Å². The lowest BCUT2D eigenvalue weighted by Gasteiger charge is -2.34. The normalized spacial score (nSPS) is 22.8. The van der Waals surface area contributed by atoms with Crippen LogP contribution in [0.25, 0.3) is 0 Å². The molecule has 1 N–H and O–H groups in total. The third-order valence-corrected chi connectivity index (χ3v) is 5.55. The van der Waals surface area contributed by atoms with Crippen molar-refractivity contribution in [2.24, 2.45) is 10.9 Å². The molecule has 0 saturated carbocycles. The summed E-state index contributed by atoms with van der Waals surface area (Å²) in [6, 6.07) is 0.0294. The van der Waals surface area contributed by atoms with E-state index < -0.39 is 0 Å². The zero-order valence-corrected chi connectivity index (χ0v) is 20.7. The third-order valence-electron chi connectivity index (χ3n) is 5.55. The van der Waals surface area contributed by atoms with Gasteiger partial charge in [-0.2, -0.15) is 0 Å². The number of likely N-dealkylation sites (N-methyl/N-ethyl adjacent to an activating group) is 1. The topological polar surface area (TPSA) is 77.5 Å². The highest BCUT2D eigenvalue weighted by molar-refractivity contribution is 14.0. The van der Waals surface area contributed by atoms with Gasteiger partial charge in [-0.15, -0.1) is 24.0 Å². The molecule has 168 valence electrons. The van der Waals surface area contributed by atoms with Gasteiger partial charge in [0, 0.05) is 47.3 Å². The van der Waals surface area contributed by atoms with E-state index in [0.29, 0.717) is 13.2 Å². The molecule has 0 bridgehead atoms. The van der Waals surface area contributed by atoms with Crippen LogP contribution in [0, 0.1) is 5.92 Å². The summed E-state index contributed by atoms with van der Waals surface area (Å²) in [6.45, 7) is 6.52. The number of rotatable bonds is 7. The summed E-state index contributed by atoms with van der Waals surface area (Å²) in [6.07, 6.45) is 4.83. The number of carbonyl (C=O) groups excluding carboxylic acids is 2. The van der Waals surface area contributed by atoms with Crippen molar-refractivity contribution in [2.45, 2.75) is 45.1 Å². The van der Waals surface area contributed by atoms with Crippen LogP contribution in [0.3, 0.4) is 0 Å². The van der Waals surface area contributed by atoms with E-state index in [4.69, 9.17) is 4.74 Å². The number of carbonyl (C=O) groups is 2. The molecule has 2 aliphatic heterocycles. The summed E-state index contributed by atoms with van der Waals surface area (Å²) in [4.78, 5) is 34.9. The first-order chi connectivity index (χ1) is 13.5. The number of amides is 1. The lowest BCUT2D eigenvalue weighted by molar-refractivity contribution is -0.149. The Morgan fingerprint density at radius 1 is 1.21 bits per heavy atom. The standard InChI is InChI=1S/C20H37N5O3.HI/c1-5-28-19(27)16-9-6-13-25(15-16)20(21-2)22-11-8-14-24-12-7-10-17(24)18(26)23(3)4;/h16-17H,5-15H2,1-4H3,(H,21,22);1H. The second-order valence-electron chi connectivity index (χ2n) is 7.79. The molecule has 2 unspecified atom stereocenters. The van der Waals surface area contributed by atoms with Gasteiger partial charge in [0.25, 0.3) is 0 Å². The van der Waals surface area contributed by atoms with Gasteiger partial charge in [-0.3, -0.25) is 19.5 Å². The second-order valence-corrected chi connectivity index (χ2v) is 7.79. The molecule has 0 spiro atoms. The molecular weight excluding hydrogens is 485 g/mol. The minimum Gasteiger partial charge on any atom is -0.466 e. The molecule has 8 nitrogen and oxygen atoms in total. The summed E-state index contributed by atoms with van der Waals surface area (Å²) in [5, 5.41) is 3.42. The van der Waals surface area contributed by atoms with E-state index in [1.54, 1.807) is 11.9 Å². The molecule has 0 radical (unpaired) electrons. The van der Waals surface area contributed by atoms with Gasteiger partial charge < -0.3 is 19.9 Å². The molecule has 2 rings (SSSR count). The van der Waals surface area contributed by atoms with Crippen molar-refractivity contribution in [1.29, 1.82) is 0 Å². The van der Waals surface area contributed by atoms with Gasteiger partial charge in [0.05, 0.1) is 18.6 Å². The number of aliphatic imine (C=N–C) groups is 1. The van der Waals surface area contributed by atoms with Crippen molar-refractivity contribution in [3.05, 3.63) is 0 Å². The predicted octanol–water partition coefficient (Wildman–Crippen LogP) is 1.40. The van der Waals surface area contributed by atoms with Crippen molar-refractivity contribution in [2.75, 3.05) is 60.5 Å². The average molecular weight is 523 g/mol. The predicted molar refractivity (Wildman–Crippen MR) is 126 cm³/mol. The monoisotopic (exact) mass is 523 g/mol. The Hall–Kier alpha value is -1.10. The molecule has 2 saturated heterocycles. The molecule has 0 aromatic carbocycles.